The van der Waals surface area contributed by atoms with Crippen LogP contribution in [0.4, 0.5) is 0 Å². The lowest BCUT2D eigenvalue weighted by Gasteiger charge is -2.03. The molecule has 0 fully saturated rings. The third-order valence-corrected chi connectivity index (χ3v) is 3.96. The van der Waals surface area contributed by atoms with Crippen LogP contribution in [0.5, 0.6) is 0 Å². The summed E-state index contributed by atoms with van der Waals surface area (Å²) in [5.41, 5.74) is 0. The molecule has 0 saturated heterocycles. The highest BCUT2D eigenvalue weighted by Crippen LogP contribution is 2.13. The van der Waals surface area contributed by atoms with Gasteiger partial charge >= 0.3 is 6.73 Å². The Morgan fingerprint density at radius 3 is 0.682 bits per heavy atom. The third kappa shape index (κ3) is 32.9. The van der Waals surface area contributed by atoms with Crippen molar-refractivity contribution in [2.24, 2.45) is 0 Å². The van der Waals surface area contributed by atoms with E-state index in [0.29, 0.717) is 0 Å². The van der Waals surface area contributed by atoms with E-state index in [1.807, 2.05) is 0 Å². The second kappa shape index (κ2) is 24.3. The minimum atomic E-state index is -1.72. The van der Waals surface area contributed by atoms with Gasteiger partial charge in [0.25, 0.3) is 0 Å². The van der Waals surface area contributed by atoms with Gasteiger partial charge < -0.3 is 0 Å². The molecule has 0 aliphatic carbocycles. The second-order valence-corrected chi connectivity index (χ2v) is 12.6. The Hall–Kier alpha value is 1.09. The van der Waals surface area contributed by atoms with Gasteiger partial charge in [-0.15, -0.1) is 33.2 Å². The monoisotopic (exact) mass is 388 g/mol. The van der Waals surface area contributed by atoms with E-state index in [2.05, 4.69) is 13.8 Å². The van der Waals surface area contributed by atoms with Gasteiger partial charge in [0.1, 0.15) is 0 Å². The molecule has 0 amide bonds. The zero-order valence-corrected chi connectivity index (χ0v) is 18.4. The van der Waals surface area contributed by atoms with E-state index in [9.17, 15) is 0 Å². The number of halogens is 3. The van der Waals surface area contributed by atoms with Gasteiger partial charge in [-0.3, -0.25) is 0 Å². The van der Waals surface area contributed by atoms with E-state index in [-0.39, 0.29) is 0 Å². The van der Waals surface area contributed by atoms with Crippen molar-refractivity contribution in [2.75, 3.05) is 0 Å². The number of rotatable bonds is 15. The molecule has 0 atom stereocenters. The van der Waals surface area contributed by atoms with Crippen LogP contribution in [0.2, 0.25) is 0 Å². The van der Waals surface area contributed by atoms with Crippen LogP contribution in [0.25, 0.3) is 0 Å². The molecule has 22 heavy (non-hydrogen) atoms. The Labute approximate surface area is 156 Å². The molecule has 0 N–H and O–H groups in total. The molecule has 0 unspecified atom stereocenters. The van der Waals surface area contributed by atoms with Gasteiger partial charge in [-0.2, -0.15) is 0 Å². The standard InChI is InChI=1S/C18H38.Cl3HSi/c1-3-5-7-9-11-13-15-17-18-16-14-12-10-8-6-4-2;1-4(2)3/h3-18H2,1-2H3;4H. The van der Waals surface area contributed by atoms with Crippen LogP contribution < -0.4 is 0 Å². The van der Waals surface area contributed by atoms with Crippen LogP contribution in [0.3, 0.4) is 0 Å². The number of unbranched alkanes of at least 4 members (excludes halogenated alkanes) is 15. The molecule has 0 aromatic carbocycles. The van der Waals surface area contributed by atoms with Gasteiger partial charge in [-0.1, -0.05) is 117 Å². The SMILES string of the molecule is CCCCCCCCCCCCCCCCCC.Cl[SiH](Cl)Cl. The summed E-state index contributed by atoms with van der Waals surface area (Å²) in [6.07, 6.45) is 23.4. The average Bonchev–Trinajstić information content (AvgIpc) is 2.47. The van der Waals surface area contributed by atoms with E-state index in [1.54, 1.807) is 0 Å². The molecule has 0 spiro atoms. The van der Waals surface area contributed by atoms with Crippen molar-refractivity contribution in [1.29, 1.82) is 0 Å². The highest BCUT2D eigenvalue weighted by Gasteiger charge is 1.93. The predicted octanol–water partition coefficient (Wildman–Crippen LogP) is 8.69. The first-order valence-electron chi connectivity index (χ1n) is 9.57. The molecular formula is C18H39Cl3Si. The Morgan fingerprint density at radius 2 is 0.545 bits per heavy atom. The molecule has 0 aromatic rings. The predicted molar refractivity (Wildman–Crippen MR) is 110 cm³/mol. The van der Waals surface area contributed by atoms with Gasteiger partial charge in [0.2, 0.25) is 0 Å². The topological polar surface area (TPSA) is 0 Å². The fourth-order valence-electron chi connectivity index (χ4n) is 2.62. The van der Waals surface area contributed by atoms with Crippen LogP contribution >= 0.6 is 33.2 Å². The Kier molecular flexibility index (Phi) is 28.0. The van der Waals surface area contributed by atoms with E-state index in [1.165, 1.54) is 103 Å². The van der Waals surface area contributed by atoms with E-state index in [0.717, 1.165) is 0 Å². The second-order valence-electron chi connectivity index (χ2n) is 6.20. The largest absolute Gasteiger partial charge is 0.326 e. The summed E-state index contributed by atoms with van der Waals surface area (Å²) in [6.45, 7) is 2.87. The summed E-state index contributed by atoms with van der Waals surface area (Å²) in [5, 5.41) is 0. The maximum Gasteiger partial charge on any atom is 0.326 e. The smallest absolute Gasteiger partial charge is 0.130 e. The first-order valence-corrected chi connectivity index (χ1v) is 14.8. The Morgan fingerprint density at radius 1 is 0.409 bits per heavy atom. The fraction of sp³-hybridized carbons (Fsp3) is 1.00. The maximum atomic E-state index is 4.94. The maximum absolute atomic E-state index is 4.94. The lowest BCUT2D eigenvalue weighted by Crippen LogP contribution is -1.83. The van der Waals surface area contributed by atoms with Gasteiger partial charge in [0.05, 0.1) is 0 Å². The molecule has 0 bridgehead atoms. The molecule has 0 aromatic heterocycles. The fourth-order valence-corrected chi connectivity index (χ4v) is 2.62. The minimum Gasteiger partial charge on any atom is -0.130 e. The van der Waals surface area contributed by atoms with Gasteiger partial charge in [0.15, 0.2) is 0 Å². The van der Waals surface area contributed by atoms with Crippen LogP contribution in [-0.2, 0) is 0 Å². The van der Waals surface area contributed by atoms with Crippen molar-refractivity contribution in [3.05, 3.63) is 0 Å². The van der Waals surface area contributed by atoms with Gasteiger partial charge in [0, 0.05) is 0 Å². The quantitative estimate of drug-likeness (QED) is 0.149. The summed E-state index contributed by atoms with van der Waals surface area (Å²) >= 11 is 14.8. The minimum absolute atomic E-state index is 1.37. The van der Waals surface area contributed by atoms with Gasteiger partial charge in [-0.05, 0) is 0 Å². The Balaban J connectivity index is 0. The summed E-state index contributed by atoms with van der Waals surface area (Å²) in [4.78, 5) is 0. The summed E-state index contributed by atoms with van der Waals surface area (Å²) < 4.78 is 0. The molecular weight excluding hydrogens is 351 g/mol. The molecule has 0 heterocycles. The highest BCUT2D eigenvalue weighted by atomic mass is 35.8. The average molecular weight is 390 g/mol. The van der Waals surface area contributed by atoms with Crippen molar-refractivity contribution >= 4 is 40.0 Å². The molecule has 0 aliphatic rings. The van der Waals surface area contributed by atoms with Crippen LogP contribution in [0, 0.1) is 0 Å². The lowest BCUT2D eigenvalue weighted by molar-refractivity contribution is 0.531. The first kappa shape index (κ1) is 25.3. The van der Waals surface area contributed by atoms with Crippen molar-refractivity contribution in [1.82, 2.24) is 0 Å². The summed E-state index contributed by atoms with van der Waals surface area (Å²) in [5.74, 6) is 0. The van der Waals surface area contributed by atoms with Crippen molar-refractivity contribution in [3.63, 3.8) is 0 Å². The summed E-state index contributed by atoms with van der Waals surface area (Å²) in [6, 6.07) is 0. The molecule has 0 aliphatic heterocycles. The number of hydrogen-bond donors (Lipinski definition) is 0. The molecule has 0 rings (SSSR count). The van der Waals surface area contributed by atoms with E-state index in [4.69, 9.17) is 33.2 Å². The van der Waals surface area contributed by atoms with Crippen LogP contribution in [0.1, 0.15) is 117 Å². The first-order chi connectivity index (χ1) is 10.6. The normalized spacial score (nSPS) is 10.6. The van der Waals surface area contributed by atoms with Gasteiger partial charge in [-0.25, -0.2) is 0 Å². The highest BCUT2D eigenvalue weighted by molar-refractivity contribution is 7.54. The summed E-state index contributed by atoms with van der Waals surface area (Å²) in [7, 11) is 0. The molecule has 0 saturated carbocycles. The van der Waals surface area contributed by atoms with E-state index >= 15 is 0 Å². The molecule has 0 radical (unpaired) electrons. The number of hydrogen-bond acceptors (Lipinski definition) is 0. The molecule has 0 nitrogen and oxygen atoms in total. The zero-order valence-electron chi connectivity index (χ0n) is 15.0. The molecule has 4 heteroatoms. The van der Waals surface area contributed by atoms with Crippen molar-refractivity contribution in [2.45, 2.75) is 117 Å². The van der Waals surface area contributed by atoms with E-state index < -0.39 is 6.73 Å². The van der Waals surface area contributed by atoms with Crippen LogP contribution in [0.15, 0.2) is 0 Å². The van der Waals surface area contributed by atoms with Crippen molar-refractivity contribution in [3.8, 4) is 0 Å². The third-order valence-electron chi connectivity index (χ3n) is 3.96. The van der Waals surface area contributed by atoms with Crippen molar-refractivity contribution < 1.29 is 0 Å². The lowest BCUT2D eigenvalue weighted by atomic mass is 10.0. The molecule has 136 valence electrons. The zero-order chi connectivity index (χ0) is 16.9. The van der Waals surface area contributed by atoms with Crippen LogP contribution in [-0.4, -0.2) is 6.73 Å². The Bertz CT molecular complexity index is 159.